The fourth-order valence-electron chi connectivity index (χ4n) is 4.05. The Bertz CT molecular complexity index is 1340. The fraction of sp³-hybridized carbons (Fsp3) is 0.280. The monoisotopic (exact) mass is 461 g/mol. The molecular weight excluding hydrogens is 434 g/mol. The van der Waals surface area contributed by atoms with Gasteiger partial charge in [-0.05, 0) is 23.3 Å². The van der Waals surface area contributed by atoms with Gasteiger partial charge in [0.2, 0.25) is 11.8 Å². The first kappa shape index (κ1) is 23.0. The van der Waals surface area contributed by atoms with E-state index in [0.717, 1.165) is 21.4 Å². The summed E-state index contributed by atoms with van der Waals surface area (Å²) in [7, 11) is 5.28. The van der Waals surface area contributed by atoms with Gasteiger partial charge in [-0.1, -0.05) is 42.5 Å². The summed E-state index contributed by atoms with van der Waals surface area (Å²) in [6.07, 6.45) is -0.187. The predicted molar refractivity (Wildman–Crippen MR) is 130 cm³/mol. The molecule has 0 radical (unpaired) electrons. The maximum Gasteiger partial charge on any atom is 0.332 e. The van der Waals surface area contributed by atoms with Crippen molar-refractivity contribution >= 4 is 23.3 Å². The third-order valence-corrected chi connectivity index (χ3v) is 6.00. The number of amides is 2. The number of aromatic nitrogens is 2. The molecule has 0 aliphatic carbocycles. The standard InChI is InChI=1S/C25H27N5O4/c1-28(2)18-11-9-16(10-12-18)14-26-20(31)13-19-21-22(27-23(19)32)30(25(34)29(3)24(21)33)15-17-7-5-4-6-8-17/h4-12,19H,13-15H2,1-3H3,(H,26,31)(H,27,32)/t19-/m1/s1. The Kier molecular flexibility index (Phi) is 6.36. The quantitative estimate of drug-likeness (QED) is 0.554. The number of fused-ring (bicyclic) bond motifs is 1. The Morgan fingerprint density at radius 2 is 1.68 bits per heavy atom. The highest BCUT2D eigenvalue weighted by atomic mass is 16.2. The van der Waals surface area contributed by atoms with Gasteiger partial charge in [-0.15, -0.1) is 0 Å². The minimum Gasteiger partial charge on any atom is -0.378 e. The highest BCUT2D eigenvalue weighted by molar-refractivity contribution is 6.04. The topological polar surface area (TPSA) is 105 Å². The average Bonchev–Trinajstić information content (AvgIpc) is 3.15. The van der Waals surface area contributed by atoms with Crippen LogP contribution in [0.2, 0.25) is 0 Å². The number of rotatable bonds is 7. The SMILES string of the molecule is CN(C)c1ccc(CNC(=O)C[C@H]2C(=O)Nc3c2c(=O)n(C)c(=O)n3Cc2ccccc2)cc1. The van der Waals surface area contributed by atoms with Crippen LogP contribution in [-0.4, -0.2) is 35.0 Å². The molecule has 2 aromatic carbocycles. The molecule has 3 aromatic rings. The second kappa shape index (κ2) is 9.38. The van der Waals surface area contributed by atoms with E-state index in [9.17, 15) is 19.2 Å². The number of carbonyl (C=O) groups is 2. The highest BCUT2D eigenvalue weighted by Crippen LogP contribution is 2.31. The molecule has 0 fully saturated rings. The first-order valence-corrected chi connectivity index (χ1v) is 11.0. The third-order valence-electron chi connectivity index (χ3n) is 6.00. The zero-order chi connectivity index (χ0) is 24.4. The molecule has 0 bridgehead atoms. The number of nitrogens with one attached hydrogen (secondary N) is 2. The molecule has 4 rings (SSSR count). The van der Waals surface area contributed by atoms with Crippen molar-refractivity contribution in [1.82, 2.24) is 14.5 Å². The van der Waals surface area contributed by atoms with E-state index in [1.807, 2.05) is 73.6 Å². The van der Waals surface area contributed by atoms with E-state index >= 15 is 0 Å². The Labute approximate surface area is 196 Å². The van der Waals surface area contributed by atoms with Crippen molar-refractivity contribution in [2.24, 2.45) is 7.05 Å². The predicted octanol–water partition coefficient (Wildman–Crippen LogP) is 1.40. The van der Waals surface area contributed by atoms with Gasteiger partial charge < -0.3 is 15.5 Å². The Morgan fingerprint density at radius 1 is 1.00 bits per heavy atom. The van der Waals surface area contributed by atoms with Gasteiger partial charge in [0, 0.05) is 39.8 Å². The van der Waals surface area contributed by atoms with Crippen LogP contribution in [0.15, 0.2) is 64.2 Å². The van der Waals surface area contributed by atoms with Gasteiger partial charge in [-0.25, -0.2) is 4.79 Å². The number of nitrogens with zero attached hydrogens (tertiary/aromatic N) is 3. The van der Waals surface area contributed by atoms with Crippen molar-refractivity contribution in [2.45, 2.75) is 25.4 Å². The number of hydrogen-bond donors (Lipinski definition) is 2. The lowest BCUT2D eigenvalue weighted by Crippen LogP contribution is -2.40. The van der Waals surface area contributed by atoms with Gasteiger partial charge in [0.25, 0.3) is 5.56 Å². The van der Waals surface area contributed by atoms with Crippen LogP contribution in [0.1, 0.15) is 29.0 Å². The van der Waals surface area contributed by atoms with Crippen LogP contribution in [0.25, 0.3) is 0 Å². The molecule has 9 heteroatoms. The van der Waals surface area contributed by atoms with Crippen molar-refractivity contribution in [3.05, 3.63) is 92.1 Å². The van der Waals surface area contributed by atoms with E-state index in [-0.39, 0.29) is 30.3 Å². The van der Waals surface area contributed by atoms with Gasteiger partial charge in [0.1, 0.15) is 5.82 Å². The maximum atomic E-state index is 12.9. The summed E-state index contributed by atoms with van der Waals surface area (Å²) in [4.78, 5) is 53.1. The number of benzene rings is 2. The minimum absolute atomic E-state index is 0.147. The van der Waals surface area contributed by atoms with Crippen molar-refractivity contribution in [2.75, 3.05) is 24.3 Å². The van der Waals surface area contributed by atoms with Crippen LogP contribution in [0.4, 0.5) is 11.5 Å². The van der Waals surface area contributed by atoms with Gasteiger partial charge in [-0.2, -0.15) is 0 Å². The van der Waals surface area contributed by atoms with E-state index in [4.69, 9.17) is 0 Å². The third kappa shape index (κ3) is 4.50. The highest BCUT2D eigenvalue weighted by Gasteiger charge is 2.38. The maximum absolute atomic E-state index is 12.9. The molecule has 9 nitrogen and oxygen atoms in total. The normalized spacial score (nSPS) is 14.4. The van der Waals surface area contributed by atoms with Crippen molar-refractivity contribution in [1.29, 1.82) is 0 Å². The molecule has 0 saturated heterocycles. The summed E-state index contributed by atoms with van der Waals surface area (Å²) in [5.74, 6) is -1.62. The zero-order valence-corrected chi connectivity index (χ0v) is 19.4. The lowest BCUT2D eigenvalue weighted by molar-refractivity contribution is -0.125. The molecule has 0 spiro atoms. The van der Waals surface area contributed by atoms with E-state index in [2.05, 4.69) is 10.6 Å². The molecule has 34 heavy (non-hydrogen) atoms. The molecule has 0 unspecified atom stereocenters. The summed E-state index contributed by atoms with van der Waals surface area (Å²) in [6.45, 7) is 0.498. The lowest BCUT2D eigenvalue weighted by Gasteiger charge is -2.14. The van der Waals surface area contributed by atoms with E-state index < -0.39 is 23.1 Å². The molecule has 2 amide bonds. The molecule has 176 valence electrons. The van der Waals surface area contributed by atoms with Gasteiger partial charge >= 0.3 is 5.69 Å². The van der Waals surface area contributed by atoms with Crippen LogP contribution in [0, 0.1) is 0 Å². The second-order valence-electron chi connectivity index (χ2n) is 8.56. The van der Waals surface area contributed by atoms with E-state index in [1.54, 1.807) is 0 Å². The summed E-state index contributed by atoms with van der Waals surface area (Å²) in [5, 5.41) is 5.48. The Balaban J connectivity index is 1.55. The van der Waals surface area contributed by atoms with Crippen LogP contribution >= 0.6 is 0 Å². The van der Waals surface area contributed by atoms with E-state index in [0.29, 0.717) is 6.54 Å². The van der Waals surface area contributed by atoms with Gasteiger partial charge in [-0.3, -0.25) is 23.5 Å². The first-order chi connectivity index (χ1) is 16.3. The summed E-state index contributed by atoms with van der Waals surface area (Å²) < 4.78 is 2.35. The smallest absolute Gasteiger partial charge is 0.332 e. The van der Waals surface area contributed by atoms with Gasteiger partial charge in [0.05, 0.1) is 18.0 Å². The lowest BCUT2D eigenvalue weighted by atomic mass is 9.99. The van der Waals surface area contributed by atoms with Crippen LogP contribution < -0.4 is 26.8 Å². The summed E-state index contributed by atoms with van der Waals surface area (Å²) in [5.41, 5.74) is 1.86. The minimum atomic E-state index is -0.965. The molecular formula is C25H27N5O4. The average molecular weight is 462 g/mol. The molecule has 1 aromatic heterocycles. The zero-order valence-electron chi connectivity index (χ0n) is 19.4. The fourth-order valence-corrected chi connectivity index (χ4v) is 4.05. The Morgan fingerprint density at radius 3 is 2.32 bits per heavy atom. The van der Waals surface area contributed by atoms with Crippen LogP contribution in [0.3, 0.4) is 0 Å². The molecule has 0 saturated carbocycles. The Hall–Kier alpha value is -4.14. The molecule has 2 N–H and O–H groups in total. The molecule has 2 heterocycles. The summed E-state index contributed by atoms with van der Waals surface area (Å²) in [6, 6.07) is 17.0. The van der Waals surface area contributed by atoms with Crippen LogP contribution in [0.5, 0.6) is 0 Å². The van der Waals surface area contributed by atoms with Crippen LogP contribution in [-0.2, 0) is 29.7 Å². The second-order valence-corrected chi connectivity index (χ2v) is 8.56. The van der Waals surface area contributed by atoms with Crippen molar-refractivity contribution < 1.29 is 9.59 Å². The first-order valence-electron chi connectivity index (χ1n) is 11.0. The number of anilines is 2. The van der Waals surface area contributed by atoms with E-state index in [1.165, 1.54) is 11.6 Å². The molecule has 1 aliphatic heterocycles. The largest absolute Gasteiger partial charge is 0.378 e. The number of hydrogen-bond acceptors (Lipinski definition) is 5. The van der Waals surface area contributed by atoms with Crippen molar-refractivity contribution in [3.63, 3.8) is 0 Å². The van der Waals surface area contributed by atoms with Crippen molar-refractivity contribution in [3.8, 4) is 0 Å². The summed E-state index contributed by atoms with van der Waals surface area (Å²) >= 11 is 0. The molecule has 1 aliphatic rings. The number of carbonyl (C=O) groups excluding carboxylic acids is 2. The molecule has 1 atom stereocenters. The van der Waals surface area contributed by atoms with Gasteiger partial charge in [0.15, 0.2) is 0 Å².